The molecule has 2 heterocycles. The lowest BCUT2D eigenvalue weighted by Gasteiger charge is -2.35. The Morgan fingerprint density at radius 3 is 2.54 bits per heavy atom. The third kappa shape index (κ3) is 5.71. The van der Waals surface area contributed by atoms with Crippen LogP contribution in [-0.4, -0.2) is 101 Å². The number of carbonyl (C=O) groups is 2. The highest BCUT2D eigenvalue weighted by Crippen LogP contribution is 2.36. The van der Waals surface area contributed by atoms with E-state index >= 15 is 0 Å². The van der Waals surface area contributed by atoms with Crippen LogP contribution in [0.3, 0.4) is 0 Å². The number of hydrogen-bond donors (Lipinski definition) is 4. The summed E-state index contributed by atoms with van der Waals surface area (Å²) in [6.45, 7) is 4.90. The Morgan fingerprint density at radius 2 is 1.96 bits per heavy atom. The molecular weight excluding hydrogens is 450 g/mol. The lowest BCUT2D eigenvalue weighted by atomic mass is 10.2. The Balaban J connectivity index is 1.36. The fourth-order valence-corrected chi connectivity index (χ4v) is 4.21. The van der Waals surface area contributed by atoms with Crippen molar-refractivity contribution in [2.24, 2.45) is 0 Å². The molecule has 2 aliphatic rings. The average Bonchev–Trinajstić information content (AvgIpc) is 3.34. The summed E-state index contributed by atoms with van der Waals surface area (Å²) >= 11 is 4.56. The predicted molar refractivity (Wildman–Crippen MR) is 108 cm³/mol. The van der Waals surface area contributed by atoms with Gasteiger partial charge in [0.1, 0.15) is 11.2 Å². The SMILES string of the molecule is O=C(NC1(C(=O)NCCN2CCN(C[C@@H](O)CO)CC2)CC1)c1csc(Br)n1. The zero-order chi connectivity index (χ0) is 20.1. The van der Waals surface area contributed by atoms with Gasteiger partial charge in [0.2, 0.25) is 5.91 Å². The van der Waals surface area contributed by atoms with Crippen molar-refractivity contribution in [1.29, 1.82) is 0 Å². The molecule has 0 spiro atoms. The normalized spacial score (nSPS) is 20.5. The number of rotatable bonds is 9. The van der Waals surface area contributed by atoms with E-state index < -0.39 is 11.6 Å². The lowest BCUT2D eigenvalue weighted by molar-refractivity contribution is -0.124. The maximum atomic E-state index is 12.5. The van der Waals surface area contributed by atoms with Gasteiger partial charge in [-0.05, 0) is 28.8 Å². The van der Waals surface area contributed by atoms with Gasteiger partial charge in [-0.15, -0.1) is 11.3 Å². The van der Waals surface area contributed by atoms with Crippen LogP contribution in [0.25, 0.3) is 0 Å². The largest absolute Gasteiger partial charge is 0.394 e. The molecule has 1 aromatic rings. The zero-order valence-electron chi connectivity index (χ0n) is 15.6. The van der Waals surface area contributed by atoms with Crippen LogP contribution in [0.2, 0.25) is 0 Å². The number of halogens is 1. The summed E-state index contributed by atoms with van der Waals surface area (Å²) in [5, 5.41) is 25.8. The number of aromatic nitrogens is 1. The third-order valence-corrected chi connectivity index (χ3v) is 6.47. The van der Waals surface area contributed by atoms with E-state index in [1.54, 1.807) is 5.38 Å². The standard InChI is InChI=1S/C17H26BrN5O4S/c18-16-20-13(11-28-16)14(26)21-17(1-2-17)15(27)19-3-4-22-5-7-23(8-6-22)9-12(25)10-24/h11-12,24-25H,1-10H2,(H,19,27)(H,21,26)/t12-/m1/s1. The zero-order valence-corrected chi connectivity index (χ0v) is 18.0. The molecule has 1 saturated heterocycles. The topological polar surface area (TPSA) is 118 Å². The number of nitrogens with zero attached hydrogens (tertiary/aromatic N) is 3. The fraction of sp³-hybridized carbons (Fsp3) is 0.706. The number of piperazine rings is 1. The lowest BCUT2D eigenvalue weighted by Crippen LogP contribution is -2.52. The van der Waals surface area contributed by atoms with Crippen molar-refractivity contribution in [3.8, 4) is 0 Å². The minimum absolute atomic E-state index is 0.139. The molecule has 1 aliphatic heterocycles. The van der Waals surface area contributed by atoms with Gasteiger partial charge in [0.25, 0.3) is 5.91 Å². The Hall–Kier alpha value is -1.11. The average molecular weight is 476 g/mol. The van der Waals surface area contributed by atoms with E-state index in [9.17, 15) is 14.7 Å². The first-order valence-corrected chi connectivity index (χ1v) is 11.0. The Labute approximate surface area is 176 Å². The number of thiazole rings is 1. The number of β-amino-alcohol motifs (C(OH)–C–C–N with tert-alkyl or cyclic N) is 1. The maximum Gasteiger partial charge on any atom is 0.271 e. The molecule has 28 heavy (non-hydrogen) atoms. The first-order valence-electron chi connectivity index (χ1n) is 9.37. The van der Waals surface area contributed by atoms with Gasteiger partial charge in [-0.3, -0.25) is 19.4 Å². The summed E-state index contributed by atoms with van der Waals surface area (Å²) in [5.41, 5.74) is -0.480. The van der Waals surface area contributed by atoms with Gasteiger partial charge in [0.15, 0.2) is 3.92 Å². The first-order chi connectivity index (χ1) is 13.4. The molecule has 0 unspecified atom stereocenters. The van der Waals surface area contributed by atoms with Crippen molar-refractivity contribution >= 4 is 39.1 Å². The van der Waals surface area contributed by atoms with Crippen molar-refractivity contribution in [2.45, 2.75) is 24.5 Å². The molecule has 1 aliphatic carbocycles. The number of aliphatic hydroxyl groups excluding tert-OH is 2. The number of hydrogen-bond acceptors (Lipinski definition) is 8. The molecule has 156 valence electrons. The summed E-state index contributed by atoms with van der Waals surface area (Å²) in [6, 6.07) is 0. The second-order valence-corrected chi connectivity index (χ2v) is 9.39. The van der Waals surface area contributed by atoms with Gasteiger partial charge in [-0.1, -0.05) is 0 Å². The molecule has 1 aromatic heterocycles. The van der Waals surface area contributed by atoms with Crippen LogP contribution in [0, 0.1) is 0 Å². The Bertz CT molecular complexity index is 691. The van der Waals surface area contributed by atoms with Gasteiger partial charge < -0.3 is 20.8 Å². The van der Waals surface area contributed by atoms with Crippen molar-refractivity contribution < 1.29 is 19.8 Å². The quantitative estimate of drug-likeness (QED) is 0.371. The molecular formula is C17H26BrN5O4S. The molecule has 1 saturated carbocycles. The van der Waals surface area contributed by atoms with Crippen LogP contribution in [0.5, 0.6) is 0 Å². The third-order valence-electron chi connectivity index (χ3n) is 5.10. The van der Waals surface area contributed by atoms with Crippen molar-refractivity contribution in [1.82, 2.24) is 25.4 Å². The number of aliphatic hydroxyl groups is 2. The van der Waals surface area contributed by atoms with Crippen molar-refractivity contribution in [3.05, 3.63) is 15.0 Å². The van der Waals surface area contributed by atoms with Gasteiger partial charge >= 0.3 is 0 Å². The van der Waals surface area contributed by atoms with Gasteiger partial charge in [-0.25, -0.2) is 4.98 Å². The van der Waals surface area contributed by atoms with E-state index in [1.165, 1.54) is 11.3 Å². The Morgan fingerprint density at radius 1 is 1.29 bits per heavy atom. The summed E-state index contributed by atoms with van der Waals surface area (Å²) in [7, 11) is 0. The van der Waals surface area contributed by atoms with Crippen LogP contribution in [-0.2, 0) is 4.79 Å². The summed E-state index contributed by atoms with van der Waals surface area (Å²) in [4.78, 5) is 33.2. The van der Waals surface area contributed by atoms with E-state index in [0.29, 0.717) is 35.5 Å². The summed E-state index contributed by atoms with van der Waals surface area (Å²) in [6.07, 6.45) is 0.588. The molecule has 4 N–H and O–H groups in total. The molecule has 2 amide bonds. The molecule has 3 rings (SSSR count). The van der Waals surface area contributed by atoms with Crippen LogP contribution >= 0.6 is 27.3 Å². The highest BCUT2D eigenvalue weighted by atomic mass is 79.9. The van der Waals surface area contributed by atoms with Crippen LogP contribution in [0.4, 0.5) is 0 Å². The molecule has 0 bridgehead atoms. The highest BCUT2D eigenvalue weighted by molar-refractivity contribution is 9.11. The summed E-state index contributed by atoms with van der Waals surface area (Å²) < 4.78 is 0.637. The predicted octanol–water partition coefficient (Wildman–Crippen LogP) is -0.745. The molecule has 9 nitrogen and oxygen atoms in total. The van der Waals surface area contributed by atoms with Gasteiger partial charge in [-0.2, -0.15) is 0 Å². The van der Waals surface area contributed by atoms with Crippen LogP contribution < -0.4 is 10.6 Å². The first kappa shape index (κ1) is 21.6. The molecule has 0 aromatic carbocycles. The molecule has 11 heteroatoms. The van der Waals surface area contributed by atoms with E-state index in [-0.39, 0.29) is 18.4 Å². The van der Waals surface area contributed by atoms with Gasteiger partial charge in [0.05, 0.1) is 12.7 Å². The fourth-order valence-electron chi connectivity index (χ4n) is 3.22. The maximum absolute atomic E-state index is 12.5. The smallest absolute Gasteiger partial charge is 0.271 e. The van der Waals surface area contributed by atoms with E-state index in [4.69, 9.17) is 5.11 Å². The summed E-state index contributed by atoms with van der Waals surface area (Å²) in [5.74, 6) is -0.462. The van der Waals surface area contributed by atoms with Crippen LogP contribution in [0.15, 0.2) is 9.30 Å². The van der Waals surface area contributed by atoms with Crippen molar-refractivity contribution in [3.63, 3.8) is 0 Å². The minimum atomic E-state index is -0.799. The molecule has 2 fully saturated rings. The monoisotopic (exact) mass is 475 g/mol. The number of amides is 2. The molecule has 1 atom stereocenters. The minimum Gasteiger partial charge on any atom is -0.394 e. The second kappa shape index (κ2) is 9.59. The van der Waals surface area contributed by atoms with Crippen molar-refractivity contribution in [2.75, 3.05) is 52.4 Å². The highest BCUT2D eigenvalue weighted by Gasteiger charge is 2.51. The second-order valence-electron chi connectivity index (χ2n) is 7.26. The van der Waals surface area contributed by atoms with E-state index in [0.717, 1.165) is 32.7 Å². The molecule has 0 radical (unpaired) electrons. The van der Waals surface area contributed by atoms with E-state index in [1.807, 2.05) is 0 Å². The van der Waals surface area contributed by atoms with Crippen LogP contribution in [0.1, 0.15) is 23.3 Å². The van der Waals surface area contributed by atoms with Gasteiger partial charge in [0, 0.05) is 51.2 Å². The number of carbonyl (C=O) groups excluding carboxylic acids is 2. The van der Waals surface area contributed by atoms with E-state index in [2.05, 4.69) is 41.3 Å². The Kier molecular flexibility index (Phi) is 7.40. The number of nitrogens with one attached hydrogen (secondary N) is 2.